The molecule has 6 heteroatoms. The number of carbonyl (C=O) groups excluding carboxylic acids is 1. The number of halogens is 1. The highest BCUT2D eigenvalue weighted by Crippen LogP contribution is 2.27. The van der Waals surface area contributed by atoms with E-state index >= 15 is 0 Å². The molecule has 140 valence electrons. The average Bonchev–Trinajstić information content (AvgIpc) is 3.32. The number of aromatic nitrogens is 2. The van der Waals surface area contributed by atoms with Crippen molar-refractivity contribution in [3.05, 3.63) is 53.9 Å². The molecule has 2 aromatic rings. The van der Waals surface area contributed by atoms with Crippen molar-refractivity contribution < 1.29 is 13.9 Å². The van der Waals surface area contributed by atoms with Gasteiger partial charge in [-0.15, -0.1) is 0 Å². The largest absolute Gasteiger partial charge is 0.383 e. The molecule has 5 nitrogen and oxygen atoms in total. The van der Waals surface area contributed by atoms with Gasteiger partial charge in [-0.1, -0.05) is 25.0 Å². The lowest BCUT2D eigenvalue weighted by Crippen LogP contribution is -2.38. The minimum Gasteiger partial charge on any atom is -0.383 e. The number of imidazole rings is 1. The quantitative estimate of drug-likeness (QED) is 0.727. The van der Waals surface area contributed by atoms with Gasteiger partial charge in [-0.3, -0.25) is 4.79 Å². The second-order valence-corrected chi connectivity index (χ2v) is 6.83. The van der Waals surface area contributed by atoms with Crippen molar-refractivity contribution >= 4 is 5.91 Å². The van der Waals surface area contributed by atoms with Crippen LogP contribution in [-0.4, -0.2) is 40.6 Å². The number of hydrogen-bond donors (Lipinski definition) is 0. The summed E-state index contributed by atoms with van der Waals surface area (Å²) in [5, 5.41) is 0. The maximum Gasteiger partial charge on any atom is 0.226 e. The maximum absolute atomic E-state index is 13.1. The Morgan fingerprint density at radius 1 is 1.31 bits per heavy atom. The van der Waals surface area contributed by atoms with Crippen LogP contribution in [0.1, 0.15) is 37.1 Å². The minimum atomic E-state index is -0.243. The molecule has 1 aromatic heterocycles. The van der Waals surface area contributed by atoms with Crippen molar-refractivity contribution in [3.63, 3.8) is 0 Å². The summed E-state index contributed by atoms with van der Waals surface area (Å²) in [6.45, 7) is 2.14. The first kappa shape index (κ1) is 18.6. The minimum absolute atomic E-state index is 0.132. The number of nitrogens with zero attached hydrogens (tertiary/aromatic N) is 3. The van der Waals surface area contributed by atoms with Gasteiger partial charge in [0.05, 0.1) is 13.2 Å². The van der Waals surface area contributed by atoms with Crippen molar-refractivity contribution in [1.29, 1.82) is 0 Å². The molecule has 1 fully saturated rings. The zero-order valence-electron chi connectivity index (χ0n) is 15.2. The Balaban J connectivity index is 1.71. The van der Waals surface area contributed by atoms with E-state index in [9.17, 15) is 9.18 Å². The lowest BCUT2D eigenvalue weighted by atomic mass is 10.1. The van der Waals surface area contributed by atoms with E-state index in [0.29, 0.717) is 26.2 Å². The lowest BCUT2D eigenvalue weighted by molar-refractivity contribution is -0.136. The molecule has 0 saturated heterocycles. The summed E-state index contributed by atoms with van der Waals surface area (Å²) >= 11 is 0. The number of carbonyl (C=O) groups is 1. The van der Waals surface area contributed by atoms with Gasteiger partial charge in [-0.05, 0) is 30.5 Å². The van der Waals surface area contributed by atoms with Crippen LogP contribution in [0.2, 0.25) is 0 Å². The molecular weight excluding hydrogens is 333 g/mol. The third-order valence-corrected chi connectivity index (χ3v) is 4.98. The third-order valence-electron chi connectivity index (χ3n) is 4.98. The smallest absolute Gasteiger partial charge is 0.226 e. The topological polar surface area (TPSA) is 47.4 Å². The Bertz CT molecular complexity index is 708. The van der Waals surface area contributed by atoms with Gasteiger partial charge in [0.25, 0.3) is 0 Å². The first-order valence-corrected chi connectivity index (χ1v) is 9.19. The number of hydrogen-bond acceptors (Lipinski definition) is 3. The van der Waals surface area contributed by atoms with Crippen LogP contribution in [0.5, 0.6) is 0 Å². The fraction of sp³-hybridized carbons (Fsp3) is 0.500. The molecule has 1 aliphatic carbocycles. The van der Waals surface area contributed by atoms with E-state index in [1.54, 1.807) is 25.4 Å². The molecule has 26 heavy (non-hydrogen) atoms. The van der Waals surface area contributed by atoms with E-state index in [0.717, 1.165) is 37.1 Å². The van der Waals surface area contributed by atoms with Crippen LogP contribution in [0, 0.1) is 11.7 Å². The summed E-state index contributed by atoms with van der Waals surface area (Å²) in [4.78, 5) is 19.2. The Labute approximate surface area is 153 Å². The van der Waals surface area contributed by atoms with Gasteiger partial charge in [0.1, 0.15) is 11.6 Å². The standard InChI is InChI=1S/C20H26FN3O2/c1-26-13-12-24(20(25)17-4-2-3-5-17)15-19-22-10-11-23(19)14-16-6-8-18(21)9-7-16/h6-11,17H,2-5,12-15H2,1H3. The molecule has 1 saturated carbocycles. The second-order valence-electron chi connectivity index (χ2n) is 6.83. The molecule has 0 radical (unpaired) electrons. The van der Waals surface area contributed by atoms with E-state index in [2.05, 4.69) is 4.98 Å². The molecule has 0 unspecified atom stereocenters. The van der Waals surface area contributed by atoms with Gasteiger partial charge < -0.3 is 14.2 Å². The van der Waals surface area contributed by atoms with E-state index < -0.39 is 0 Å². The van der Waals surface area contributed by atoms with Gasteiger partial charge in [-0.2, -0.15) is 0 Å². The summed E-state index contributed by atoms with van der Waals surface area (Å²) < 4.78 is 20.3. The second kappa shape index (κ2) is 8.94. The number of amides is 1. The van der Waals surface area contributed by atoms with Gasteiger partial charge in [0.15, 0.2) is 0 Å². The van der Waals surface area contributed by atoms with Gasteiger partial charge >= 0.3 is 0 Å². The highest BCUT2D eigenvalue weighted by Gasteiger charge is 2.27. The van der Waals surface area contributed by atoms with Crippen LogP contribution in [0.4, 0.5) is 4.39 Å². The molecule has 0 atom stereocenters. The van der Waals surface area contributed by atoms with Crippen molar-refractivity contribution in [3.8, 4) is 0 Å². The SMILES string of the molecule is COCCN(Cc1nccn1Cc1ccc(F)cc1)C(=O)C1CCCC1. The predicted octanol–water partition coefficient (Wildman–Crippen LogP) is 3.24. The van der Waals surface area contributed by atoms with Crippen molar-refractivity contribution in [2.75, 3.05) is 20.3 Å². The molecule has 0 bridgehead atoms. The lowest BCUT2D eigenvalue weighted by Gasteiger charge is -2.25. The Kier molecular flexibility index (Phi) is 6.39. The number of benzene rings is 1. The highest BCUT2D eigenvalue weighted by molar-refractivity contribution is 5.79. The highest BCUT2D eigenvalue weighted by atomic mass is 19.1. The van der Waals surface area contributed by atoms with Gasteiger partial charge in [-0.25, -0.2) is 9.37 Å². The fourth-order valence-corrected chi connectivity index (χ4v) is 3.49. The molecule has 1 aromatic carbocycles. The monoisotopic (exact) mass is 359 g/mol. The molecule has 1 amide bonds. The molecule has 0 spiro atoms. The van der Waals surface area contributed by atoms with Crippen molar-refractivity contribution in [1.82, 2.24) is 14.5 Å². The normalized spacial score (nSPS) is 14.7. The predicted molar refractivity (Wildman–Crippen MR) is 97.0 cm³/mol. The molecule has 0 aliphatic heterocycles. The zero-order chi connectivity index (χ0) is 18.4. The summed E-state index contributed by atoms with van der Waals surface area (Å²) in [5.41, 5.74) is 0.996. The Hall–Kier alpha value is -2.21. The first-order chi connectivity index (χ1) is 12.7. The summed E-state index contributed by atoms with van der Waals surface area (Å²) in [6.07, 6.45) is 7.86. The fourth-order valence-electron chi connectivity index (χ4n) is 3.49. The number of methoxy groups -OCH3 is 1. The Morgan fingerprint density at radius 2 is 2.04 bits per heavy atom. The molecular formula is C20H26FN3O2. The van der Waals surface area contributed by atoms with Gasteiger partial charge in [0.2, 0.25) is 5.91 Å². The summed E-state index contributed by atoms with van der Waals surface area (Å²) in [7, 11) is 1.65. The first-order valence-electron chi connectivity index (χ1n) is 9.19. The van der Waals surface area contributed by atoms with Crippen LogP contribution in [0.15, 0.2) is 36.7 Å². The summed E-state index contributed by atoms with van der Waals surface area (Å²) in [5.74, 6) is 0.924. The van der Waals surface area contributed by atoms with Crippen LogP contribution < -0.4 is 0 Å². The van der Waals surface area contributed by atoms with E-state index in [4.69, 9.17) is 4.74 Å². The number of ether oxygens (including phenoxy) is 1. The zero-order valence-corrected chi connectivity index (χ0v) is 15.2. The summed E-state index contributed by atoms with van der Waals surface area (Å²) in [6, 6.07) is 6.46. The maximum atomic E-state index is 13.1. The third kappa shape index (κ3) is 4.69. The average molecular weight is 359 g/mol. The van der Waals surface area contributed by atoms with Crippen LogP contribution >= 0.6 is 0 Å². The molecule has 1 aliphatic rings. The van der Waals surface area contributed by atoms with Crippen LogP contribution in [-0.2, 0) is 22.6 Å². The molecule has 1 heterocycles. The molecule has 3 rings (SSSR count). The Morgan fingerprint density at radius 3 is 2.73 bits per heavy atom. The van der Waals surface area contributed by atoms with Gasteiger partial charge in [0, 0.05) is 38.5 Å². The van der Waals surface area contributed by atoms with Crippen molar-refractivity contribution in [2.24, 2.45) is 5.92 Å². The van der Waals surface area contributed by atoms with Crippen LogP contribution in [0.3, 0.4) is 0 Å². The van der Waals surface area contributed by atoms with Crippen LogP contribution in [0.25, 0.3) is 0 Å². The molecule has 0 N–H and O–H groups in total. The van der Waals surface area contributed by atoms with E-state index in [1.807, 2.05) is 15.7 Å². The van der Waals surface area contributed by atoms with E-state index in [-0.39, 0.29) is 17.6 Å². The number of rotatable bonds is 8. The van der Waals surface area contributed by atoms with Crippen molar-refractivity contribution in [2.45, 2.75) is 38.8 Å². The van der Waals surface area contributed by atoms with E-state index in [1.165, 1.54) is 12.1 Å².